The quantitative estimate of drug-likeness (QED) is 0.0960. The van der Waals surface area contributed by atoms with E-state index in [1.807, 2.05) is 41.5 Å². The monoisotopic (exact) mass is 781 g/mol. The summed E-state index contributed by atoms with van der Waals surface area (Å²) in [5.74, 6) is 0.227. The van der Waals surface area contributed by atoms with E-state index in [0.717, 1.165) is 32.1 Å². The van der Waals surface area contributed by atoms with Crippen molar-refractivity contribution >= 4 is 33.0 Å². The third kappa shape index (κ3) is 13.5. The Labute approximate surface area is 332 Å². The van der Waals surface area contributed by atoms with E-state index in [2.05, 4.69) is 135 Å². The summed E-state index contributed by atoms with van der Waals surface area (Å²) in [4.78, 5) is 12.7. The zero-order chi connectivity index (χ0) is 40.8. The molecule has 0 spiro atoms. The van der Waals surface area contributed by atoms with Crippen LogP contribution in [-0.2, 0) is 27.9 Å². The smallest absolute Gasteiger partial charge is 0.309 e. The van der Waals surface area contributed by atoms with Crippen molar-refractivity contribution in [3.8, 4) is 0 Å². The van der Waals surface area contributed by atoms with Crippen LogP contribution in [0.5, 0.6) is 0 Å². The molecule has 3 unspecified atom stereocenters. The maximum atomic E-state index is 12.7. The van der Waals surface area contributed by atoms with Gasteiger partial charge in [-0.3, -0.25) is 4.79 Å². The summed E-state index contributed by atoms with van der Waals surface area (Å²) < 4.78 is 33.8. The number of hydrogen-bond donors (Lipinski definition) is 0. The molecule has 5 atom stereocenters. The number of benzene rings is 2. The van der Waals surface area contributed by atoms with Crippen molar-refractivity contribution < 1.29 is 27.9 Å². The van der Waals surface area contributed by atoms with E-state index in [9.17, 15) is 4.79 Å². The summed E-state index contributed by atoms with van der Waals surface area (Å²) in [7, 11) is -5.00. The molecule has 1 aliphatic rings. The molecule has 6 nitrogen and oxygen atoms in total. The van der Waals surface area contributed by atoms with E-state index in [-0.39, 0.29) is 46.4 Å². The topological polar surface area (TPSA) is 63.2 Å². The van der Waals surface area contributed by atoms with Crippen LogP contribution in [0.15, 0.2) is 72.3 Å². The summed E-state index contributed by atoms with van der Waals surface area (Å²) in [5, 5.41) is 2.40. The molecule has 0 N–H and O–H groups in total. The highest BCUT2D eigenvalue weighted by atomic mass is 28.4. The highest BCUT2D eigenvalue weighted by Crippen LogP contribution is 2.44. The van der Waals surface area contributed by atoms with Crippen molar-refractivity contribution in [2.45, 2.75) is 194 Å². The standard InChI is InChI=1S/C46H76O6Si2/c1-34(24-23-25-35(2)31-37(49-43(3,4)5)33-41(47)50-44(6,7)8)30-36-32-40(51-53(15,16)45(9,10)11)42(48-36)52-54(46(12,13)14,38-26-19-17-20-27-38)39-28-21-18-22-29-39/h17-22,26-29,31,34,36-37,40,42H,23-25,30,32-33H2,1-16H3/b35-31-/t34-,36?,37-,40?,42?/m0/s1. The molecule has 2 aromatic rings. The first-order valence-corrected chi connectivity index (χ1v) is 25.2. The van der Waals surface area contributed by atoms with Crippen LogP contribution in [0.25, 0.3) is 0 Å². The van der Waals surface area contributed by atoms with Crippen molar-refractivity contribution in [3.63, 3.8) is 0 Å². The Kier molecular flexibility index (Phi) is 15.8. The fraction of sp³-hybridized carbons (Fsp3) is 0.674. The minimum Gasteiger partial charge on any atom is -0.460 e. The number of carbonyl (C=O) groups excluding carboxylic acids is 1. The minimum absolute atomic E-state index is 0.0491. The van der Waals surface area contributed by atoms with E-state index in [0.29, 0.717) is 5.92 Å². The average molecular weight is 781 g/mol. The van der Waals surface area contributed by atoms with Crippen LogP contribution >= 0.6 is 0 Å². The molecule has 2 aromatic carbocycles. The number of carbonyl (C=O) groups is 1. The van der Waals surface area contributed by atoms with Crippen LogP contribution < -0.4 is 10.4 Å². The molecule has 1 aliphatic heterocycles. The SMILES string of the molecule is C/C(=C/[C@@H](CC(=O)OC(C)(C)C)OC(C)(C)C)CCC[C@H](C)CC1CC(O[Si](C)(C)C(C)(C)C)C(O[Si](c2ccccc2)(c2ccccc2)C(C)(C)C)O1. The lowest BCUT2D eigenvalue weighted by Crippen LogP contribution is -2.68. The van der Waals surface area contributed by atoms with Crippen molar-refractivity contribution in [1.29, 1.82) is 0 Å². The Hall–Kier alpha value is -2.08. The molecule has 304 valence electrons. The lowest BCUT2D eigenvalue weighted by molar-refractivity contribution is -0.159. The summed E-state index contributed by atoms with van der Waals surface area (Å²) >= 11 is 0. The number of hydrogen-bond acceptors (Lipinski definition) is 6. The third-order valence-corrected chi connectivity index (χ3v) is 20.3. The lowest BCUT2D eigenvalue weighted by atomic mass is 9.94. The van der Waals surface area contributed by atoms with E-state index >= 15 is 0 Å². The fourth-order valence-electron chi connectivity index (χ4n) is 7.32. The molecule has 54 heavy (non-hydrogen) atoms. The number of ether oxygens (including phenoxy) is 3. The van der Waals surface area contributed by atoms with Crippen molar-refractivity contribution in [1.82, 2.24) is 0 Å². The predicted octanol–water partition coefficient (Wildman–Crippen LogP) is 11.1. The largest absolute Gasteiger partial charge is 0.460 e. The Morgan fingerprint density at radius 3 is 1.81 bits per heavy atom. The van der Waals surface area contributed by atoms with Crippen LogP contribution in [0, 0.1) is 5.92 Å². The highest BCUT2D eigenvalue weighted by molar-refractivity contribution is 6.99. The third-order valence-electron chi connectivity index (χ3n) is 10.8. The van der Waals surface area contributed by atoms with Crippen molar-refractivity contribution in [3.05, 3.63) is 72.3 Å². The molecule has 1 heterocycles. The first-order chi connectivity index (χ1) is 24.7. The van der Waals surface area contributed by atoms with Crippen molar-refractivity contribution in [2.24, 2.45) is 5.92 Å². The van der Waals surface area contributed by atoms with E-state index in [1.54, 1.807) is 0 Å². The van der Waals surface area contributed by atoms with Gasteiger partial charge in [-0.2, -0.15) is 0 Å². The summed E-state index contributed by atoms with van der Waals surface area (Å²) in [6, 6.07) is 21.7. The molecule has 0 aliphatic carbocycles. The molecular weight excluding hydrogens is 705 g/mol. The van der Waals surface area contributed by atoms with Gasteiger partial charge in [-0.05, 0) is 107 Å². The zero-order valence-corrected chi connectivity index (χ0v) is 38.9. The number of rotatable bonds is 16. The Bertz CT molecular complexity index is 1440. The van der Waals surface area contributed by atoms with E-state index < -0.39 is 28.5 Å². The Balaban J connectivity index is 1.80. The lowest BCUT2D eigenvalue weighted by Gasteiger charge is -2.46. The second-order valence-electron chi connectivity index (χ2n) is 20.4. The van der Waals surface area contributed by atoms with Crippen LogP contribution in [0.2, 0.25) is 23.2 Å². The maximum absolute atomic E-state index is 12.7. The number of esters is 1. The highest BCUT2D eigenvalue weighted by Gasteiger charge is 2.55. The van der Waals surface area contributed by atoms with Gasteiger partial charge in [0, 0.05) is 6.42 Å². The second kappa shape index (κ2) is 18.5. The molecule has 0 aromatic heterocycles. The molecule has 0 amide bonds. The fourth-order valence-corrected chi connectivity index (χ4v) is 13.2. The van der Waals surface area contributed by atoms with E-state index in [4.69, 9.17) is 23.1 Å². The van der Waals surface area contributed by atoms with Gasteiger partial charge in [-0.1, -0.05) is 127 Å². The number of allylic oxidation sites excluding steroid dienone is 1. The molecule has 1 fully saturated rings. The van der Waals surface area contributed by atoms with Crippen molar-refractivity contribution in [2.75, 3.05) is 0 Å². The van der Waals surface area contributed by atoms with Gasteiger partial charge >= 0.3 is 5.97 Å². The van der Waals surface area contributed by atoms with Gasteiger partial charge in [0.05, 0.1) is 30.3 Å². The van der Waals surface area contributed by atoms with Gasteiger partial charge in [0.15, 0.2) is 14.6 Å². The van der Waals surface area contributed by atoms with Gasteiger partial charge in [0.25, 0.3) is 8.32 Å². The van der Waals surface area contributed by atoms with Gasteiger partial charge in [0.1, 0.15) is 5.60 Å². The van der Waals surface area contributed by atoms with Crippen LogP contribution in [0.1, 0.15) is 135 Å². The average Bonchev–Trinajstić information content (AvgIpc) is 3.36. The molecule has 1 saturated heterocycles. The zero-order valence-electron chi connectivity index (χ0n) is 36.9. The summed E-state index contributed by atoms with van der Waals surface area (Å²) in [6.45, 7) is 34.8. The summed E-state index contributed by atoms with van der Waals surface area (Å²) in [6.07, 6.45) is 6.31. The van der Waals surface area contributed by atoms with Crippen LogP contribution in [0.4, 0.5) is 0 Å². The Morgan fingerprint density at radius 2 is 1.35 bits per heavy atom. The minimum atomic E-state index is -2.87. The summed E-state index contributed by atoms with van der Waals surface area (Å²) in [5.41, 5.74) is 0.342. The first-order valence-electron chi connectivity index (χ1n) is 20.4. The van der Waals surface area contributed by atoms with Crippen LogP contribution in [0.3, 0.4) is 0 Å². The van der Waals surface area contributed by atoms with Gasteiger partial charge in [0.2, 0.25) is 0 Å². The molecule has 0 radical (unpaired) electrons. The van der Waals surface area contributed by atoms with Gasteiger partial charge in [-0.25, -0.2) is 0 Å². The second-order valence-corrected chi connectivity index (χ2v) is 29.4. The first kappa shape index (κ1) is 46.3. The molecular formula is C46H76O6Si2. The Morgan fingerprint density at radius 1 is 0.815 bits per heavy atom. The predicted molar refractivity (Wildman–Crippen MR) is 231 cm³/mol. The van der Waals surface area contributed by atoms with Crippen LogP contribution in [-0.4, -0.2) is 58.4 Å². The van der Waals surface area contributed by atoms with E-state index in [1.165, 1.54) is 15.9 Å². The molecule has 0 bridgehead atoms. The molecule has 3 rings (SSSR count). The maximum Gasteiger partial charge on any atom is 0.309 e. The molecule has 8 heteroatoms. The van der Waals surface area contributed by atoms with Gasteiger partial charge < -0.3 is 23.1 Å². The van der Waals surface area contributed by atoms with Gasteiger partial charge in [-0.15, -0.1) is 0 Å². The molecule has 0 saturated carbocycles. The normalized spacial score (nSPS) is 20.5.